The third-order valence-corrected chi connectivity index (χ3v) is 0.431. The SMILES string of the molecule is CC(C)/N=N\P. The van der Waals surface area contributed by atoms with Crippen molar-refractivity contribution in [2.45, 2.75) is 19.9 Å². The number of rotatable bonds is 1. The molecule has 0 aromatic rings. The summed E-state index contributed by atoms with van der Waals surface area (Å²) in [7, 11) is 2.18. The first-order valence-electron chi connectivity index (χ1n) is 1.87. The second-order valence-corrected chi connectivity index (χ2v) is 1.56. The van der Waals surface area contributed by atoms with Gasteiger partial charge in [-0.3, -0.25) is 0 Å². The second-order valence-electron chi connectivity index (χ2n) is 1.32. The standard InChI is InChI=1S/C3H9N2P/c1-3(2)4-5-6/h3H,6H2,1-2H3/b5-4-. The summed E-state index contributed by atoms with van der Waals surface area (Å²) < 4.78 is 0. The van der Waals surface area contributed by atoms with Gasteiger partial charge in [-0.25, -0.2) is 0 Å². The molecule has 0 aliphatic rings. The monoisotopic (exact) mass is 104 g/mol. The average Bonchev–Trinajstić information content (AvgIpc) is 1.35. The van der Waals surface area contributed by atoms with Crippen molar-refractivity contribution >= 4 is 9.39 Å². The Kier molecular flexibility index (Phi) is 3.24. The van der Waals surface area contributed by atoms with E-state index in [1.165, 1.54) is 0 Å². The minimum atomic E-state index is 0.336. The molecule has 6 heavy (non-hydrogen) atoms. The molecule has 1 atom stereocenters. The van der Waals surface area contributed by atoms with Gasteiger partial charge in [0, 0.05) is 9.39 Å². The predicted octanol–water partition coefficient (Wildman–Crippen LogP) is 1.64. The van der Waals surface area contributed by atoms with Crippen molar-refractivity contribution in [3.05, 3.63) is 0 Å². The fourth-order valence-corrected chi connectivity index (χ4v) is 0.400. The lowest BCUT2D eigenvalue weighted by Gasteiger charge is -1.85. The molecule has 2 nitrogen and oxygen atoms in total. The normalized spacial score (nSPS) is 11.3. The predicted molar refractivity (Wildman–Crippen MR) is 29.7 cm³/mol. The fraction of sp³-hybridized carbons (Fsp3) is 1.00. The Hall–Kier alpha value is 0.0300. The molecule has 0 fully saturated rings. The molecular formula is C3H9N2P. The van der Waals surface area contributed by atoms with E-state index in [9.17, 15) is 0 Å². The highest BCUT2D eigenvalue weighted by atomic mass is 31.0. The number of nitrogens with zero attached hydrogens (tertiary/aromatic N) is 2. The van der Waals surface area contributed by atoms with E-state index in [2.05, 4.69) is 19.4 Å². The Bertz CT molecular complexity index is 50.8. The zero-order chi connectivity index (χ0) is 4.99. The van der Waals surface area contributed by atoms with Crippen LogP contribution in [0.1, 0.15) is 13.8 Å². The van der Waals surface area contributed by atoms with Crippen molar-refractivity contribution in [1.82, 2.24) is 0 Å². The Morgan fingerprint density at radius 3 is 2.00 bits per heavy atom. The van der Waals surface area contributed by atoms with Gasteiger partial charge in [-0.1, -0.05) is 0 Å². The molecule has 0 radical (unpaired) electrons. The highest BCUT2D eigenvalue weighted by Gasteiger charge is 1.78. The lowest BCUT2D eigenvalue weighted by Crippen LogP contribution is -1.82. The lowest BCUT2D eigenvalue weighted by atomic mass is 10.4. The van der Waals surface area contributed by atoms with Crippen molar-refractivity contribution in [2.24, 2.45) is 10.00 Å². The third-order valence-electron chi connectivity index (χ3n) is 0.298. The first-order valence-corrected chi connectivity index (χ1v) is 2.39. The molecule has 3 heteroatoms. The third kappa shape index (κ3) is 4.03. The smallest absolute Gasteiger partial charge is 0.0655 e. The molecule has 1 unspecified atom stereocenters. The molecule has 0 rings (SSSR count). The molecule has 0 amide bonds. The molecule has 0 saturated heterocycles. The maximum Gasteiger partial charge on any atom is 0.0655 e. The highest BCUT2D eigenvalue weighted by Crippen LogP contribution is 1.90. The van der Waals surface area contributed by atoms with Gasteiger partial charge < -0.3 is 0 Å². The van der Waals surface area contributed by atoms with Crippen molar-refractivity contribution in [1.29, 1.82) is 0 Å². The topological polar surface area (TPSA) is 24.7 Å². The second kappa shape index (κ2) is 3.23. The van der Waals surface area contributed by atoms with Gasteiger partial charge in [-0.15, -0.1) is 0 Å². The van der Waals surface area contributed by atoms with Crippen molar-refractivity contribution in [2.75, 3.05) is 0 Å². The van der Waals surface area contributed by atoms with Crippen molar-refractivity contribution in [3.63, 3.8) is 0 Å². The van der Waals surface area contributed by atoms with Crippen LogP contribution < -0.4 is 0 Å². The van der Waals surface area contributed by atoms with Gasteiger partial charge in [0.25, 0.3) is 0 Å². The van der Waals surface area contributed by atoms with E-state index in [1.807, 2.05) is 13.8 Å². The van der Waals surface area contributed by atoms with Crippen LogP contribution >= 0.6 is 9.39 Å². The van der Waals surface area contributed by atoms with Crippen molar-refractivity contribution < 1.29 is 0 Å². The van der Waals surface area contributed by atoms with Gasteiger partial charge in [0.15, 0.2) is 0 Å². The summed E-state index contributed by atoms with van der Waals surface area (Å²) in [6.07, 6.45) is 0. The summed E-state index contributed by atoms with van der Waals surface area (Å²) in [5.74, 6) is 0. The molecule has 0 aromatic carbocycles. The molecule has 0 bridgehead atoms. The molecule has 0 aromatic heterocycles. The maximum absolute atomic E-state index is 3.71. The van der Waals surface area contributed by atoms with E-state index in [0.29, 0.717) is 6.04 Å². The molecule has 0 spiro atoms. The summed E-state index contributed by atoms with van der Waals surface area (Å²) in [4.78, 5) is 3.48. The van der Waals surface area contributed by atoms with Gasteiger partial charge in [-0.05, 0) is 13.8 Å². The van der Waals surface area contributed by atoms with Crippen LogP contribution in [0, 0.1) is 0 Å². The Balaban J connectivity index is 3.03. The van der Waals surface area contributed by atoms with Crippen LogP contribution in [-0.2, 0) is 0 Å². The largest absolute Gasteiger partial charge is 0.188 e. The molecule has 0 N–H and O–H groups in total. The van der Waals surface area contributed by atoms with Gasteiger partial charge in [-0.2, -0.15) is 10.00 Å². The summed E-state index contributed by atoms with van der Waals surface area (Å²) in [5, 5.41) is 3.71. The molecule has 0 aliphatic heterocycles. The van der Waals surface area contributed by atoms with Crippen LogP contribution in [0.2, 0.25) is 0 Å². The van der Waals surface area contributed by atoms with Crippen LogP contribution in [0.5, 0.6) is 0 Å². The van der Waals surface area contributed by atoms with Gasteiger partial charge in [0.2, 0.25) is 0 Å². The minimum absolute atomic E-state index is 0.336. The zero-order valence-electron chi connectivity index (χ0n) is 4.05. The van der Waals surface area contributed by atoms with Crippen LogP contribution in [-0.4, -0.2) is 6.04 Å². The van der Waals surface area contributed by atoms with E-state index in [0.717, 1.165) is 0 Å². The highest BCUT2D eigenvalue weighted by molar-refractivity contribution is 7.14. The van der Waals surface area contributed by atoms with Gasteiger partial charge in [0.1, 0.15) is 0 Å². The number of hydrogen-bond donors (Lipinski definition) is 0. The Morgan fingerprint density at radius 1 is 1.50 bits per heavy atom. The quantitative estimate of drug-likeness (QED) is 0.357. The Labute approximate surface area is 40.3 Å². The minimum Gasteiger partial charge on any atom is -0.188 e. The summed E-state index contributed by atoms with van der Waals surface area (Å²) in [6, 6.07) is 0.336. The van der Waals surface area contributed by atoms with E-state index in [-0.39, 0.29) is 0 Å². The number of hydrogen-bond acceptors (Lipinski definition) is 2. The van der Waals surface area contributed by atoms with E-state index in [1.54, 1.807) is 0 Å². The van der Waals surface area contributed by atoms with Crippen molar-refractivity contribution in [3.8, 4) is 0 Å². The Morgan fingerprint density at radius 2 is 2.00 bits per heavy atom. The van der Waals surface area contributed by atoms with Gasteiger partial charge in [0.05, 0.1) is 6.04 Å². The van der Waals surface area contributed by atoms with E-state index in [4.69, 9.17) is 0 Å². The molecule has 0 aliphatic carbocycles. The molecular weight excluding hydrogens is 95.0 g/mol. The molecule has 36 valence electrons. The molecule has 0 saturated carbocycles. The van der Waals surface area contributed by atoms with Crippen LogP contribution in [0.15, 0.2) is 10.00 Å². The fourth-order valence-electron chi connectivity index (χ4n) is 0.133. The van der Waals surface area contributed by atoms with Crippen LogP contribution in [0.25, 0.3) is 0 Å². The lowest BCUT2D eigenvalue weighted by molar-refractivity contribution is 0.793. The van der Waals surface area contributed by atoms with Crippen LogP contribution in [0.3, 0.4) is 0 Å². The summed E-state index contributed by atoms with van der Waals surface area (Å²) in [6.45, 7) is 3.96. The zero-order valence-corrected chi connectivity index (χ0v) is 5.20. The van der Waals surface area contributed by atoms with Crippen LogP contribution in [0.4, 0.5) is 0 Å². The van der Waals surface area contributed by atoms with E-state index >= 15 is 0 Å². The summed E-state index contributed by atoms with van der Waals surface area (Å²) in [5.41, 5.74) is 0. The first-order chi connectivity index (χ1) is 2.77. The maximum atomic E-state index is 3.71. The summed E-state index contributed by atoms with van der Waals surface area (Å²) >= 11 is 0. The van der Waals surface area contributed by atoms with E-state index < -0.39 is 0 Å². The molecule has 0 heterocycles. The first kappa shape index (κ1) is 6.03. The van der Waals surface area contributed by atoms with Gasteiger partial charge >= 0.3 is 0 Å². The average molecular weight is 104 g/mol.